The Kier molecular flexibility index (Phi) is 6.37. The minimum Gasteiger partial charge on any atom is -0.394 e. The normalized spacial score (nSPS) is 11.3. The molecule has 7 nitrogen and oxygen atoms in total. The van der Waals surface area contributed by atoms with Gasteiger partial charge in [-0.3, -0.25) is 9.78 Å². The molecule has 0 unspecified atom stereocenters. The van der Waals surface area contributed by atoms with E-state index in [1.54, 1.807) is 23.6 Å². The molecule has 5 rings (SSSR count). The number of aromatic nitrogens is 2. The van der Waals surface area contributed by atoms with Crippen molar-refractivity contribution in [3.05, 3.63) is 83.8 Å². The number of amides is 1. The van der Waals surface area contributed by atoms with Gasteiger partial charge in [0.2, 0.25) is 0 Å². The number of anilines is 2. The molecule has 0 saturated heterocycles. The highest BCUT2D eigenvalue weighted by Crippen LogP contribution is 2.32. The first-order valence-electron chi connectivity index (χ1n) is 10.9. The van der Waals surface area contributed by atoms with E-state index in [4.69, 9.17) is 10.2 Å². The lowest BCUT2D eigenvalue weighted by atomic mass is 10.00. The molecular weight excluding hydrogens is 467 g/mol. The van der Waals surface area contributed by atoms with Gasteiger partial charge < -0.3 is 20.8 Å². The lowest BCUT2D eigenvalue weighted by Gasteiger charge is -2.14. The quantitative estimate of drug-likeness (QED) is 0.269. The molecule has 0 bridgehead atoms. The second-order valence-electron chi connectivity index (χ2n) is 7.98. The van der Waals surface area contributed by atoms with Crippen molar-refractivity contribution < 1.29 is 19.4 Å². The van der Waals surface area contributed by atoms with Crippen molar-refractivity contribution in [1.82, 2.24) is 15.3 Å². The molecule has 0 spiro atoms. The Morgan fingerprint density at radius 2 is 1.83 bits per heavy atom. The first-order valence-corrected chi connectivity index (χ1v) is 11.7. The molecule has 2 heterocycles. The zero-order valence-electron chi connectivity index (χ0n) is 18.4. The minimum atomic E-state index is -0.805. The summed E-state index contributed by atoms with van der Waals surface area (Å²) in [4.78, 5) is 21.1. The van der Waals surface area contributed by atoms with Crippen LogP contribution in [-0.2, 0) is 0 Å². The smallest absolute Gasteiger partial charge is 0.251 e. The number of halogens is 1. The van der Waals surface area contributed by atoms with Crippen LogP contribution in [0.3, 0.4) is 0 Å². The highest BCUT2D eigenvalue weighted by atomic mass is 32.1. The van der Waals surface area contributed by atoms with E-state index in [-0.39, 0.29) is 5.56 Å². The van der Waals surface area contributed by atoms with Crippen molar-refractivity contribution in [1.29, 1.82) is 0 Å². The first kappa shape index (κ1) is 22.9. The molecule has 2 aromatic heterocycles. The summed E-state index contributed by atoms with van der Waals surface area (Å²) in [5, 5.41) is 25.0. The number of rotatable bonds is 7. The third kappa shape index (κ3) is 4.69. The van der Waals surface area contributed by atoms with Gasteiger partial charge in [-0.1, -0.05) is 12.1 Å². The number of carbonyl (C=O) groups excluding carboxylic acids is 1. The van der Waals surface area contributed by atoms with Crippen LogP contribution in [0.25, 0.3) is 32.2 Å². The maximum absolute atomic E-state index is 15.0. The maximum atomic E-state index is 15.0. The molecule has 5 aromatic rings. The van der Waals surface area contributed by atoms with Gasteiger partial charge >= 0.3 is 0 Å². The van der Waals surface area contributed by atoms with Gasteiger partial charge in [-0.15, -0.1) is 11.3 Å². The summed E-state index contributed by atoms with van der Waals surface area (Å²) in [6.07, 6.45) is 1.71. The Labute approximate surface area is 203 Å². The number of fused-ring (bicyclic) bond motifs is 2. The van der Waals surface area contributed by atoms with Crippen molar-refractivity contribution in [2.75, 3.05) is 18.5 Å². The molecule has 0 aliphatic heterocycles. The number of aliphatic hydroxyl groups is 2. The number of benzene rings is 3. The number of thiazole rings is 1. The number of hydrogen-bond acceptors (Lipinski definition) is 7. The maximum Gasteiger partial charge on any atom is 0.251 e. The number of carbonyl (C=O) groups is 1. The fraction of sp³-hybridized carbons (Fsp3) is 0.115. The van der Waals surface area contributed by atoms with Crippen LogP contribution >= 0.6 is 11.3 Å². The van der Waals surface area contributed by atoms with Gasteiger partial charge in [-0.2, -0.15) is 0 Å². The van der Waals surface area contributed by atoms with E-state index in [0.717, 1.165) is 38.6 Å². The summed E-state index contributed by atoms with van der Waals surface area (Å²) in [6.45, 7) is -0.830. The molecule has 0 aliphatic rings. The van der Waals surface area contributed by atoms with Crippen LogP contribution in [0.15, 0.2) is 72.4 Å². The number of hydrogen-bond donors (Lipinski definition) is 4. The van der Waals surface area contributed by atoms with Gasteiger partial charge in [-0.25, -0.2) is 9.37 Å². The highest BCUT2D eigenvalue weighted by Gasteiger charge is 2.15. The first-order chi connectivity index (χ1) is 17.1. The van der Waals surface area contributed by atoms with Crippen LogP contribution < -0.4 is 10.6 Å². The summed E-state index contributed by atoms with van der Waals surface area (Å²) in [5.41, 5.74) is 6.25. The lowest BCUT2D eigenvalue weighted by molar-refractivity contribution is 0.0879. The standard InChI is InChI=1S/C26H21FN4O3S/c27-21-10-16(26(34)31-18(12-32)13-33)1-4-19(21)15-2-5-22-20(9-15)23(7-8-28-22)30-17-3-6-25-24(11-17)29-14-35-25/h1-11,14,18,32-33H,12-13H2,(H,28,30)(H,31,34). The minimum absolute atomic E-state index is 0.0976. The second-order valence-corrected chi connectivity index (χ2v) is 8.87. The predicted octanol–water partition coefficient (Wildman–Crippen LogP) is 4.48. The van der Waals surface area contributed by atoms with Crippen molar-refractivity contribution >= 4 is 49.7 Å². The van der Waals surface area contributed by atoms with Gasteiger partial charge in [0.05, 0.1) is 40.5 Å². The SMILES string of the molecule is O=C(NC(CO)CO)c1ccc(-c2ccc3nccc(Nc4ccc5scnc5c4)c3c2)c(F)c1. The van der Waals surface area contributed by atoms with Crippen molar-refractivity contribution in [2.24, 2.45) is 0 Å². The molecule has 9 heteroatoms. The average molecular weight is 489 g/mol. The number of nitrogens with one attached hydrogen (secondary N) is 2. The Balaban J connectivity index is 1.46. The number of aliphatic hydroxyl groups excluding tert-OH is 2. The average Bonchev–Trinajstić information content (AvgIpc) is 3.35. The van der Waals surface area contributed by atoms with Crippen LogP contribution in [0.2, 0.25) is 0 Å². The van der Waals surface area contributed by atoms with Crippen LogP contribution in [0.1, 0.15) is 10.4 Å². The monoisotopic (exact) mass is 488 g/mol. The lowest BCUT2D eigenvalue weighted by Crippen LogP contribution is -2.40. The molecule has 0 fully saturated rings. The van der Waals surface area contributed by atoms with E-state index in [1.165, 1.54) is 12.1 Å². The summed E-state index contributed by atoms with van der Waals surface area (Å²) in [7, 11) is 0. The molecule has 176 valence electrons. The van der Waals surface area contributed by atoms with Crippen molar-refractivity contribution in [2.45, 2.75) is 6.04 Å². The van der Waals surface area contributed by atoms with Gasteiger partial charge in [-0.05, 0) is 54.1 Å². The summed E-state index contributed by atoms with van der Waals surface area (Å²) >= 11 is 1.58. The van der Waals surface area contributed by atoms with E-state index in [9.17, 15) is 4.79 Å². The van der Waals surface area contributed by atoms with Crippen molar-refractivity contribution in [3.8, 4) is 11.1 Å². The van der Waals surface area contributed by atoms with E-state index in [0.29, 0.717) is 11.1 Å². The Morgan fingerprint density at radius 1 is 0.971 bits per heavy atom. The van der Waals surface area contributed by atoms with Crippen molar-refractivity contribution in [3.63, 3.8) is 0 Å². The van der Waals surface area contributed by atoms with Crippen LogP contribution in [0.5, 0.6) is 0 Å². The molecule has 1 amide bonds. The molecule has 0 saturated carbocycles. The zero-order chi connectivity index (χ0) is 24.4. The van der Waals surface area contributed by atoms with E-state index < -0.39 is 31.0 Å². The predicted molar refractivity (Wildman–Crippen MR) is 135 cm³/mol. The fourth-order valence-corrected chi connectivity index (χ4v) is 4.48. The van der Waals surface area contributed by atoms with E-state index in [2.05, 4.69) is 20.6 Å². The zero-order valence-corrected chi connectivity index (χ0v) is 19.2. The molecule has 3 aromatic carbocycles. The highest BCUT2D eigenvalue weighted by molar-refractivity contribution is 7.16. The molecular formula is C26H21FN4O3S. The largest absolute Gasteiger partial charge is 0.394 e. The fourth-order valence-electron chi connectivity index (χ4n) is 3.82. The van der Waals surface area contributed by atoms with Crippen LogP contribution in [0.4, 0.5) is 15.8 Å². The molecule has 0 atom stereocenters. The third-order valence-corrected chi connectivity index (χ3v) is 6.48. The van der Waals surface area contributed by atoms with Crippen LogP contribution in [0, 0.1) is 5.82 Å². The van der Waals surface area contributed by atoms with Gasteiger partial charge in [0.25, 0.3) is 5.91 Å². The molecule has 0 aliphatic carbocycles. The van der Waals surface area contributed by atoms with Crippen LogP contribution in [-0.4, -0.2) is 45.3 Å². The number of pyridine rings is 1. The Bertz CT molecular complexity index is 1530. The van der Waals surface area contributed by atoms with Gasteiger partial charge in [0, 0.05) is 34.1 Å². The summed E-state index contributed by atoms with van der Waals surface area (Å²) < 4.78 is 16.2. The van der Waals surface area contributed by atoms with Gasteiger partial charge in [0.1, 0.15) is 5.82 Å². The number of nitrogens with zero attached hydrogens (tertiary/aromatic N) is 2. The second kappa shape index (κ2) is 9.75. The topological polar surface area (TPSA) is 107 Å². The summed E-state index contributed by atoms with van der Waals surface area (Å²) in [5.74, 6) is -1.14. The molecule has 0 radical (unpaired) electrons. The third-order valence-electron chi connectivity index (χ3n) is 5.67. The van der Waals surface area contributed by atoms with E-state index in [1.807, 2.05) is 41.9 Å². The van der Waals surface area contributed by atoms with Gasteiger partial charge in [0.15, 0.2) is 0 Å². The Morgan fingerprint density at radius 3 is 2.63 bits per heavy atom. The molecule has 35 heavy (non-hydrogen) atoms. The Hall–Kier alpha value is -3.92. The summed E-state index contributed by atoms with van der Waals surface area (Å²) in [6, 6.07) is 16.7. The van der Waals surface area contributed by atoms with E-state index >= 15 is 4.39 Å². The molecule has 4 N–H and O–H groups in total.